The number of aryl methyl sites for hydroxylation is 2. The van der Waals surface area contributed by atoms with Crippen LogP contribution in [0.15, 0.2) is 90.1 Å². The lowest BCUT2D eigenvalue weighted by atomic mass is 10.1. The Bertz CT molecular complexity index is 1110. The van der Waals surface area contributed by atoms with E-state index < -0.39 is 0 Å². The molecule has 0 saturated heterocycles. The molecule has 1 heterocycles. The third-order valence-corrected chi connectivity index (χ3v) is 5.50. The third-order valence-electron chi connectivity index (χ3n) is 4.62. The molecule has 0 amide bonds. The van der Waals surface area contributed by atoms with Crippen molar-refractivity contribution < 1.29 is 0 Å². The topological polar surface area (TPSA) is 30.7 Å². The molecule has 0 atom stereocenters. The molecule has 3 aromatic carbocycles. The molecule has 144 valence electrons. The lowest BCUT2D eigenvalue weighted by molar-refractivity contribution is 0.887. The maximum absolute atomic E-state index is 4.53. The van der Waals surface area contributed by atoms with Gasteiger partial charge in [-0.25, -0.2) is 0 Å². The second-order valence-corrected chi connectivity index (χ2v) is 7.96. The van der Waals surface area contributed by atoms with Gasteiger partial charge < -0.3 is 0 Å². The van der Waals surface area contributed by atoms with Gasteiger partial charge in [-0.05, 0) is 37.6 Å². The van der Waals surface area contributed by atoms with Gasteiger partial charge >= 0.3 is 0 Å². The molecule has 0 saturated carbocycles. The van der Waals surface area contributed by atoms with Gasteiger partial charge in [-0.3, -0.25) is 4.57 Å². The van der Waals surface area contributed by atoms with E-state index in [0.717, 1.165) is 28.0 Å². The van der Waals surface area contributed by atoms with Crippen LogP contribution in [0.25, 0.3) is 23.2 Å². The Morgan fingerprint density at radius 2 is 1.62 bits per heavy atom. The molecule has 0 aliphatic carbocycles. The summed E-state index contributed by atoms with van der Waals surface area (Å²) in [6.07, 6.45) is 4.31. The summed E-state index contributed by atoms with van der Waals surface area (Å²) in [7, 11) is 0. The molecule has 4 heteroatoms. The summed E-state index contributed by atoms with van der Waals surface area (Å²) in [4.78, 5) is 0. The van der Waals surface area contributed by atoms with Crippen molar-refractivity contribution in [1.29, 1.82) is 0 Å². The highest BCUT2D eigenvalue weighted by atomic mass is 32.2. The first-order valence-electron chi connectivity index (χ1n) is 9.64. The van der Waals surface area contributed by atoms with E-state index in [2.05, 4.69) is 114 Å². The van der Waals surface area contributed by atoms with Crippen LogP contribution in [0.1, 0.15) is 16.7 Å². The first kappa shape index (κ1) is 19.2. The second-order valence-electron chi connectivity index (χ2n) is 6.97. The van der Waals surface area contributed by atoms with Gasteiger partial charge in [0.2, 0.25) is 0 Å². The highest BCUT2D eigenvalue weighted by Gasteiger charge is 2.15. The maximum atomic E-state index is 4.53. The standard InChI is InChI=1S/C25H23N3S/c1-19-13-15-23(16-14-19)28-24(22-12-6-8-20(2)18-22)26-27-25(28)29-17-7-11-21-9-4-3-5-10-21/h3-16,18H,17H2,1-2H3. The van der Waals surface area contributed by atoms with Gasteiger partial charge in [0.1, 0.15) is 0 Å². The monoisotopic (exact) mass is 397 g/mol. The van der Waals surface area contributed by atoms with E-state index in [1.165, 1.54) is 16.7 Å². The van der Waals surface area contributed by atoms with Crippen LogP contribution >= 0.6 is 11.8 Å². The van der Waals surface area contributed by atoms with E-state index in [0.29, 0.717) is 0 Å². The summed E-state index contributed by atoms with van der Waals surface area (Å²) < 4.78 is 2.15. The summed E-state index contributed by atoms with van der Waals surface area (Å²) in [6, 6.07) is 27.2. The van der Waals surface area contributed by atoms with Gasteiger partial charge in [0.05, 0.1) is 0 Å². The molecule has 0 fully saturated rings. The molecule has 1 aromatic heterocycles. The summed E-state index contributed by atoms with van der Waals surface area (Å²) in [5.41, 5.74) is 5.80. The molecule has 4 rings (SSSR count). The third kappa shape index (κ3) is 4.66. The predicted octanol–water partition coefficient (Wildman–Crippen LogP) is 6.36. The Kier molecular flexibility index (Phi) is 5.92. The average molecular weight is 398 g/mol. The SMILES string of the molecule is Cc1ccc(-n2c(SCC=Cc3ccccc3)nnc2-c2cccc(C)c2)cc1. The molecule has 0 spiro atoms. The van der Waals surface area contributed by atoms with Gasteiger partial charge in [0.15, 0.2) is 11.0 Å². The molecule has 3 nitrogen and oxygen atoms in total. The van der Waals surface area contributed by atoms with E-state index in [1.807, 2.05) is 6.07 Å². The van der Waals surface area contributed by atoms with Crippen LogP contribution < -0.4 is 0 Å². The Balaban J connectivity index is 1.64. The fourth-order valence-corrected chi connectivity index (χ4v) is 3.89. The van der Waals surface area contributed by atoms with Crippen molar-refractivity contribution in [2.45, 2.75) is 19.0 Å². The summed E-state index contributed by atoms with van der Waals surface area (Å²) in [5.74, 6) is 1.69. The van der Waals surface area contributed by atoms with Crippen molar-refractivity contribution in [2.75, 3.05) is 5.75 Å². The van der Waals surface area contributed by atoms with Crippen molar-refractivity contribution >= 4 is 17.8 Å². The highest BCUT2D eigenvalue weighted by molar-refractivity contribution is 7.99. The first-order chi connectivity index (χ1) is 14.2. The number of thioether (sulfide) groups is 1. The van der Waals surface area contributed by atoms with Gasteiger partial charge in [0, 0.05) is 17.0 Å². The largest absolute Gasteiger partial charge is 0.270 e. The highest BCUT2D eigenvalue weighted by Crippen LogP contribution is 2.28. The molecule has 0 bridgehead atoms. The normalized spacial score (nSPS) is 11.2. The molecular formula is C25H23N3S. The maximum Gasteiger partial charge on any atom is 0.196 e. The number of hydrogen-bond donors (Lipinski definition) is 0. The Morgan fingerprint density at radius 3 is 2.38 bits per heavy atom. The summed E-state index contributed by atoms with van der Waals surface area (Å²) in [5, 5.41) is 9.93. The Hall–Kier alpha value is -3.11. The van der Waals surface area contributed by atoms with Crippen LogP contribution in [0.2, 0.25) is 0 Å². The Morgan fingerprint density at radius 1 is 0.828 bits per heavy atom. The molecule has 4 aromatic rings. The molecule has 29 heavy (non-hydrogen) atoms. The number of hydrogen-bond acceptors (Lipinski definition) is 3. The van der Waals surface area contributed by atoms with Gasteiger partial charge in [0.25, 0.3) is 0 Å². The zero-order chi connectivity index (χ0) is 20.1. The minimum atomic E-state index is 0.826. The second kappa shape index (κ2) is 8.93. The van der Waals surface area contributed by atoms with Crippen LogP contribution in [0.3, 0.4) is 0 Å². The smallest absolute Gasteiger partial charge is 0.196 e. The van der Waals surface area contributed by atoms with Crippen molar-refractivity contribution in [3.63, 3.8) is 0 Å². The zero-order valence-corrected chi connectivity index (χ0v) is 17.4. The predicted molar refractivity (Wildman–Crippen MR) is 122 cm³/mol. The Labute approximate surface area is 176 Å². The fraction of sp³-hybridized carbons (Fsp3) is 0.120. The quantitative estimate of drug-likeness (QED) is 0.355. The molecule has 0 N–H and O–H groups in total. The molecular weight excluding hydrogens is 374 g/mol. The summed E-state index contributed by atoms with van der Waals surface area (Å²) in [6.45, 7) is 4.20. The van der Waals surface area contributed by atoms with E-state index in [9.17, 15) is 0 Å². The zero-order valence-electron chi connectivity index (χ0n) is 16.6. The average Bonchev–Trinajstić information content (AvgIpc) is 3.16. The molecule has 0 aliphatic heterocycles. The fourth-order valence-electron chi connectivity index (χ4n) is 3.13. The van der Waals surface area contributed by atoms with E-state index in [1.54, 1.807) is 11.8 Å². The molecule has 0 aliphatic rings. The van der Waals surface area contributed by atoms with Gasteiger partial charge in [-0.1, -0.05) is 95.7 Å². The minimum absolute atomic E-state index is 0.826. The van der Waals surface area contributed by atoms with Crippen molar-refractivity contribution in [2.24, 2.45) is 0 Å². The van der Waals surface area contributed by atoms with Crippen LogP contribution in [0, 0.1) is 13.8 Å². The lowest BCUT2D eigenvalue weighted by Crippen LogP contribution is -2.00. The van der Waals surface area contributed by atoms with Crippen molar-refractivity contribution in [3.8, 4) is 17.1 Å². The van der Waals surface area contributed by atoms with Crippen LogP contribution in [-0.4, -0.2) is 20.5 Å². The number of benzene rings is 3. The summed E-state index contributed by atoms with van der Waals surface area (Å²) >= 11 is 1.69. The van der Waals surface area contributed by atoms with Crippen LogP contribution in [0.5, 0.6) is 0 Å². The van der Waals surface area contributed by atoms with E-state index in [-0.39, 0.29) is 0 Å². The molecule has 0 unspecified atom stereocenters. The van der Waals surface area contributed by atoms with Gasteiger partial charge in [-0.15, -0.1) is 10.2 Å². The van der Waals surface area contributed by atoms with Crippen LogP contribution in [0.4, 0.5) is 0 Å². The van der Waals surface area contributed by atoms with Gasteiger partial charge in [-0.2, -0.15) is 0 Å². The van der Waals surface area contributed by atoms with Crippen molar-refractivity contribution in [1.82, 2.24) is 14.8 Å². The van der Waals surface area contributed by atoms with E-state index >= 15 is 0 Å². The van der Waals surface area contributed by atoms with E-state index in [4.69, 9.17) is 0 Å². The number of nitrogens with zero attached hydrogens (tertiary/aromatic N) is 3. The van der Waals surface area contributed by atoms with Crippen molar-refractivity contribution in [3.05, 3.63) is 102 Å². The minimum Gasteiger partial charge on any atom is -0.270 e. The number of aromatic nitrogens is 3. The number of rotatable bonds is 6. The molecule has 0 radical (unpaired) electrons. The lowest BCUT2D eigenvalue weighted by Gasteiger charge is -2.10. The first-order valence-corrected chi connectivity index (χ1v) is 10.6. The van der Waals surface area contributed by atoms with Crippen LogP contribution in [-0.2, 0) is 0 Å².